The van der Waals surface area contributed by atoms with Crippen LogP contribution in [0.3, 0.4) is 0 Å². The lowest BCUT2D eigenvalue weighted by molar-refractivity contribution is -0.145. The molecule has 1 aromatic rings. The van der Waals surface area contributed by atoms with Gasteiger partial charge in [-0.25, -0.2) is 0 Å². The van der Waals surface area contributed by atoms with Crippen molar-refractivity contribution in [3.63, 3.8) is 0 Å². The minimum absolute atomic E-state index is 0.0935. The fraction of sp³-hybridized carbons (Fsp3) is 0.478. The normalized spacial score (nSPS) is 29.0. The molecule has 0 fully saturated rings. The number of ketones is 1. The van der Waals surface area contributed by atoms with Crippen LogP contribution >= 0.6 is 0 Å². The molecule has 2 aliphatic rings. The minimum Gasteiger partial charge on any atom is -0.468 e. The lowest BCUT2D eigenvalue weighted by Gasteiger charge is -2.51. The Morgan fingerprint density at radius 1 is 1.27 bits per heavy atom. The lowest BCUT2D eigenvalue weighted by Crippen LogP contribution is -2.42. The highest BCUT2D eigenvalue weighted by Crippen LogP contribution is 2.55. The van der Waals surface area contributed by atoms with Crippen LogP contribution in [0, 0.1) is 29.1 Å². The molecule has 1 aromatic carbocycles. The first kappa shape index (κ1) is 18.6. The molecule has 26 heavy (non-hydrogen) atoms. The smallest absolute Gasteiger partial charge is 0.316 e. The second kappa shape index (κ2) is 7.22. The lowest BCUT2D eigenvalue weighted by atomic mass is 9.53. The van der Waals surface area contributed by atoms with Crippen LogP contribution in [0.2, 0.25) is 0 Å². The second-order valence-electron chi connectivity index (χ2n) is 8.11. The van der Waals surface area contributed by atoms with E-state index in [0.717, 1.165) is 12.8 Å². The largest absolute Gasteiger partial charge is 0.468 e. The third-order valence-corrected chi connectivity index (χ3v) is 6.07. The molecule has 0 amide bonds. The molecule has 2 aliphatic carbocycles. The second-order valence-corrected chi connectivity index (χ2v) is 8.11. The Morgan fingerprint density at radius 2 is 1.96 bits per heavy atom. The van der Waals surface area contributed by atoms with Crippen LogP contribution in [0.1, 0.15) is 44.0 Å². The maximum absolute atomic E-state index is 13.0. The van der Waals surface area contributed by atoms with Gasteiger partial charge in [0.15, 0.2) is 5.78 Å². The maximum Gasteiger partial charge on any atom is 0.316 e. The molecule has 3 rings (SSSR count). The number of rotatable bonds is 6. The number of carbonyl (C=O) groups excluding carboxylic acids is 2. The Bertz CT molecular complexity index is 746. The highest BCUT2D eigenvalue weighted by atomic mass is 16.5. The van der Waals surface area contributed by atoms with E-state index < -0.39 is 11.9 Å². The van der Waals surface area contributed by atoms with Gasteiger partial charge in [-0.15, -0.1) is 0 Å². The predicted molar refractivity (Wildman–Crippen MR) is 103 cm³/mol. The van der Waals surface area contributed by atoms with Crippen molar-refractivity contribution >= 4 is 11.8 Å². The number of carbonyl (C=O) groups is 2. The van der Waals surface area contributed by atoms with Gasteiger partial charge in [0, 0.05) is 5.56 Å². The molecular weight excluding hydrogens is 324 g/mol. The maximum atomic E-state index is 13.0. The number of ether oxygens (including phenoxy) is 1. The number of fused-ring (bicyclic) bond motifs is 1. The van der Waals surface area contributed by atoms with Crippen molar-refractivity contribution in [3.8, 4) is 0 Å². The van der Waals surface area contributed by atoms with Crippen LogP contribution in [0.15, 0.2) is 54.1 Å². The first-order valence-corrected chi connectivity index (χ1v) is 9.42. The molecule has 0 heterocycles. The summed E-state index contributed by atoms with van der Waals surface area (Å²) in [4.78, 5) is 25.3. The minimum atomic E-state index is -0.760. The highest BCUT2D eigenvalue weighted by molar-refractivity contribution is 6.08. The highest BCUT2D eigenvalue weighted by Gasteiger charge is 2.47. The molecule has 3 heteroatoms. The Labute approximate surface area is 156 Å². The van der Waals surface area contributed by atoms with Crippen molar-refractivity contribution in [1.29, 1.82) is 0 Å². The molecule has 3 nitrogen and oxygen atoms in total. The van der Waals surface area contributed by atoms with Crippen LogP contribution in [0.5, 0.6) is 0 Å². The van der Waals surface area contributed by atoms with E-state index in [9.17, 15) is 9.59 Å². The van der Waals surface area contributed by atoms with Crippen molar-refractivity contribution in [3.05, 3.63) is 59.7 Å². The zero-order chi connectivity index (χ0) is 18.9. The van der Waals surface area contributed by atoms with Crippen LogP contribution in [0.4, 0.5) is 0 Å². The molecule has 0 saturated carbocycles. The first-order valence-electron chi connectivity index (χ1n) is 9.42. The van der Waals surface area contributed by atoms with Gasteiger partial charge in [-0.2, -0.15) is 0 Å². The van der Waals surface area contributed by atoms with Crippen molar-refractivity contribution < 1.29 is 14.3 Å². The van der Waals surface area contributed by atoms with Crippen molar-refractivity contribution in [2.45, 2.75) is 33.6 Å². The van der Waals surface area contributed by atoms with Crippen LogP contribution in [-0.4, -0.2) is 18.9 Å². The Morgan fingerprint density at radius 3 is 2.58 bits per heavy atom. The van der Waals surface area contributed by atoms with E-state index in [0.29, 0.717) is 17.4 Å². The number of hydrogen-bond acceptors (Lipinski definition) is 3. The van der Waals surface area contributed by atoms with Gasteiger partial charge in [0.25, 0.3) is 0 Å². The standard InChI is InChI=1S/C23H28O3/c1-15-9-8-12-23(3)14-18(20(15)23)13-16(2)19(22(25)26-4)21(24)17-10-6-5-7-11-17/h5-11,14-16,19-20H,12-13H2,1-4H3. The molecule has 0 bridgehead atoms. The first-order chi connectivity index (χ1) is 12.4. The van der Waals surface area contributed by atoms with Crippen LogP contribution < -0.4 is 0 Å². The van der Waals surface area contributed by atoms with Gasteiger partial charge in [0.05, 0.1) is 7.11 Å². The number of hydrogen-bond donors (Lipinski definition) is 0. The van der Waals surface area contributed by atoms with Gasteiger partial charge in [0.2, 0.25) is 0 Å². The van der Waals surface area contributed by atoms with Crippen molar-refractivity contribution in [2.75, 3.05) is 7.11 Å². The molecule has 0 saturated heterocycles. The van der Waals surface area contributed by atoms with Gasteiger partial charge < -0.3 is 4.74 Å². The quantitative estimate of drug-likeness (QED) is 0.318. The summed E-state index contributed by atoms with van der Waals surface area (Å²) in [7, 11) is 1.36. The van der Waals surface area contributed by atoms with E-state index in [2.05, 4.69) is 32.1 Å². The summed E-state index contributed by atoms with van der Waals surface area (Å²) < 4.78 is 4.97. The predicted octanol–water partition coefficient (Wildman–Crippen LogP) is 4.84. The molecule has 5 atom stereocenters. The number of allylic oxidation sites excluding steroid dienone is 4. The summed E-state index contributed by atoms with van der Waals surface area (Å²) in [5, 5.41) is 0. The topological polar surface area (TPSA) is 43.4 Å². The summed E-state index contributed by atoms with van der Waals surface area (Å²) >= 11 is 0. The summed E-state index contributed by atoms with van der Waals surface area (Å²) in [5.74, 6) is -0.425. The van der Waals surface area contributed by atoms with Gasteiger partial charge in [-0.3, -0.25) is 9.59 Å². The van der Waals surface area contributed by atoms with E-state index in [1.165, 1.54) is 12.7 Å². The van der Waals surface area contributed by atoms with Crippen LogP contribution in [-0.2, 0) is 9.53 Å². The van der Waals surface area contributed by atoms with Gasteiger partial charge in [-0.05, 0) is 36.0 Å². The van der Waals surface area contributed by atoms with E-state index in [4.69, 9.17) is 4.74 Å². The van der Waals surface area contributed by atoms with Crippen molar-refractivity contribution in [1.82, 2.24) is 0 Å². The van der Waals surface area contributed by atoms with Crippen LogP contribution in [0.25, 0.3) is 0 Å². The molecule has 0 spiro atoms. The van der Waals surface area contributed by atoms with Crippen molar-refractivity contribution in [2.24, 2.45) is 29.1 Å². The summed E-state index contributed by atoms with van der Waals surface area (Å²) in [6, 6.07) is 9.03. The molecule has 5 unspecified atom stereocenters. The Balaban J connectivity index is 1.79. The fourth-order valence-electron chi connectivity index (χ4n) is 4.88. The number of methoxy groups -OCH3 is 1. The van der Waals surface area contributed by atoms with Gasteiger partial charge in [-0.1, -0.05) is 74.9 Å². The van der Waals surface area contributed by atoms with Gasteiger partial charge >= 0.3 is 5.97 Å². The molecule has 0 aliphatic heterocycles. The molecule has 0 N–H and O–H groups in total. The molecular formula is C23H28O3. The summed E-state index contributed by atoms with van der Waals surface area (Å²) in [5.41, 5.74) is 2.18. The Kier molecular flexibility index (Phi) is 5.17. The molecule has 138 valence electrons. The monoisotopic (exact) mass is 352 g/mol. The molecule has 0 radical (unpaired) electrons. The van der Waals surface area contributed by atoms with Gasteiger partial charge in [0.1, 0.15) is 5.92 Å². The fourth-order valence-corrected chi connectivity index (χ4v) is 4.88. The van der Waals surface area contributed by atoms with E-state index in [1.54, 1.807) is 12.1 Å². The number of esters is 1. The van der Waals surface area contributed by atoms with E-state index >= 15 is 0 Å². The van der Waals surface area contributed by atoms with E-state index in [1.807, 2.05) is 25.1 Å². The molecule has 0 aromatic heterocycles. The third-order valence-electron chi connectivity index (χ3n) is 6.07. The van der Waals surface area contributed by atoms with E-state index in [-0.39, 0.29) is 17.1 Å². The number of Topliss-reactive ketones (excluding diaryl/α,β-unsaturated/α-hetero) is 1. The average Bonchev–Trinajstić information content (AvgIpc) is 2.60. The SMILES string of the molecule is COC(=O)C(C(=O)c1ccccc1)C(C)CC1=CC2(C)CC=CC(C)C12. The average molecular weight is 352 g/mol. The summed E-state index contributed by atoms with van der Waals surface area (Å²) in [6.45, 7) is 6.55. The number of benzene rings is 1. The zero-order valence-corrected chi connectivity index (χ0v) is 16.1. The third kappa shape index (κ3) is 3.27. The zero-order valence-electron chi connectivity index (χ0n) is 16.1. The Hall–Kier alpha value is -2.16. The summed E-state index contributed by atoms with van der Waals surface area (Å²) in [6.07, 6.45) is 8.75.